The molecule has 1 fully saturated rings. The minimum absolute atomic E-state index is 0.0460. The van der Waals surface area contributed by atoms with Crippen LogP contribution >= 0.6 is 0 Å². The molecule has 0 bridgehead atoms. The van der Waals surface area contributed by atoms with Crippen LogP contribution in [0.1, 0.15) is 84.0 Å². The van der Waals surface area contributed by atoms with E-state index >= 15 is 0 Å². The summed E-state index contributed by atoms with van der Waals surface area (Å²) in [6, 6.07) is 6.37. The van der Waals surface area contributed by atoms with Gasteiger partial charge in [-0.1, -0.05) is 76.3 Å². The third kappa shape index (κ3) is 8.68. The van der Waals surface area contributed by atoms with Crippen molar-refractivity contribution in [3.63, 3.8) is 0 Å². The van der Waals surface area contributed by atoms with Gasteiger partial charge in [0.2, 0.25) is 11.8 Å². The molecule has 44 heavy (non-hydrogen) atoms. The van der Waals surface area contributed by atoms with Crippen LogP contribution in [0.2, 0.25) is 0 Å². The van der Waals surface area contributed by atoms with Crippen molar-refractivity contribution in [1.29, 1.82) is 0 Å². The molecule has 1 aliphatic heterocycles. The van der Waals surface area contributed by atoms with Gasteiger partial charge < -0.3 is 25.4 Å². The smallest absolute Gasteiger partial charge is 0.337 e. The van der Waals surface area contributed by atoms with Gasteiger partial charge in [0, 0.05) is 18.8 Å². The highest BCUT2D eigenvalue weighted by Crippen LogP contribution is 2.28. The van der Waals surface area contributed by atoms with E-state index in [1.54, 1.807) is 26.2 Å². The molecule has 4 rings (SSSR count). The van der Waals surface area contributed by atoms with Crippen LogP contribution in [-0.4, -0.2) is 73.7 Å². The molecule has 2 aliphatic rings. The molecule has 4 atom stereocenters. The van der Waals surface area contributed by atoms with E-state index in [4.69, 9.17) is 4.74 Å². The van der Waals surface area contributed by atoms with Crippen molar-refractivity contribution in [2.45, 2.75) is 116 Å². The predicted molar refractivity (Wildman–Crippen MR) is 164 cm³/mol. The van der Waals surface area contributed by atoms with Gasteiger partial charge in [0.15, 0.2) is 6.10 Å². The second-order valence-corrected chi connectivity index (χ2v) is 12.8. The molecule has 240 valence electrons. The number of carbonyl (C=O) groups excluding carboxylic acids is 4. The molecule has 2 aromatic rings. The SMILES string of the molecule is CC(C)CC(NC(=O)[C@H](Cc1ccccc1)N1Cc2nccn2C1=O)C(=O)N[C@@H](CC1CCCCC1)C(O)C(=O)OC(C)C. The number of carbonyl (C=O) groups is 4. The lowest BCUT2D eigenvalue weighted by molar-refractivity contribution is -0.159. The van der Waals surface area contributed by atoms with E-state index in [9.17, 15) is 24.3 Å². The van der Waals surface area contributed by atoms with Gasteiger partial charge in [-0.25, -0.2) is 14.6 Å². The molecular weight excluding hydrogens is 562 g/mol. The van der Waals surface area contributed by atoms with Crippen LogP contribution in [0.3, 0.4) is 0 Å². The van der Waals surface area contributed by atoms with Gasteiger partial charge in [0.1, 0.15) is 17.9 Å². The summed E-state index contributed by atoms with van der Waals surface area (Å²) in [4.78, 5) is 59.5. The number of fused-ring (bicyclic) bond motifs is 1. The number of benzene rings is 1. The van der Waals surface area contributed by atoms with Crippen LogP contribution in [-0.2, 0) is 32.1 Å². The summed E-state index contributed by atoms with van der Waals surface area (Å²) in [5, 5.41) is 16.8. The minimum atomic E-state index is -1.53. The third-order valence-electron chi connectivity index (χ3n) is 8.39. The molecule has 3 amide bonds. The summed E-state index contributed by atoms with van der Waals surface area (Å²) in [7, 11) is 0. The van der Waals surface area contributed by atoms with Gasteiger partial charge in [-0.15, -0.1) is 0 Å². The number of esters is 1. The predicted octanol–water partition coefficient (Wildman–Crippen LogP) is 3.58. The van der Waals surface area contributed by atoms with E-state index < -0.39 is 48.1 Å². The van der Waals surface area contributed by atoms with Gasteiger partial charge in [0.05, 0.1) is 18.7 Å². The average Bonchev–Trinajstić information content (AvgIpc) is 3.57. The molecule has 0 spiro atoms. The highest BCUT2D eigenvalue weighted by atomic mass is 16.6. The fourth-order valence-corrected chi connectivity index (χ4v) is 6.18. The normalized spacial score (nSPS) is 18.1. The van der Waals surface area contributed by atoms with Crippen molar-refractivity contribution < 1.29 is 29.0 Å². The maximum Gasteiger partial charge on any atom is 0.337 e. The molecule has 1 saturated carbocycles. The van der Waals surface area contributed by atoms with Gasteiger partial charge in [-0.2, -0.15) is 0 Å². The maximum atomic E-state index is 14.0. The van der Waals surface area contributed by atoms with Crippen LogP contribution in [0, 0.1) is 11.8 Å². The molecule has 1 aromatic heterocycles. The van der Waals surface area contributed by atoms with Crippen LogP contribution in [0.5, 0.6) is 0 Å². The minimum Gasteiger partial charge on any atom is -0.461 e. The lowest BCUT2D eigenvalue weighted by Crippen LogP contribution is -2.58. The Bertz CT molecular complexity index is 1270. The van der Waals surface area contributed by atoms with Gasteiger partial charge >= 0.3 is 12.0 Å². The van der Waals surface area contributed by atoms with Crippen LogP contribution in [0.25, 0.3) is 0 Å². The van der Waals surface area contributed by atoms with Gasteiger partial charge in [0.25, 0.3) is 0 Å². The molecule has 0 radical (unpaired) electrons. The Morgan fingerprint density at radius 2 is 1.73 bits per heavy atom. The van der Waals surface area contributed by atoms with Crippen molar-refractivity contribution in [2.24, 2.45) is 11.8 Å². The molecule has 2 heterocycles. The summed E-state index contributed by atoms with van der Waals surface area (Å²) >= 11 is 0. The van der Waals surface area contributed by atoms with Gasteiger partial charge in [-0.3, -0.25) is 14.2 Å². The zero-order valence-corrected chi connectivity index (χ0v) is 26.3. The first kappa shape index (κ1) is 33.2. The second-order valence-electron chi connectivity index (χ2n) is 12.8. The molecule has 1 aromatic carbocycles. The first-order valence-corrected chi connectivity index (χ1v) is 15.9. The Balaban J connectivity index is 1.54. The number of aromatic nitrogens is 2. The molecule has 3 N–H and O–H groups in total. The molecule has 2 unspecified atom stereocenters. The van der Waals surface area contributed by atoms with Crippen LogP contribution in [0.4, 0.5) is 4.79 Å². The Kier molecular flexibility index (Phi) is 11.5. The number of rotatable bonds is 14. The van der Waals surface area contributed by atoms with Gasteiger partial charge in [-0.05, 0) is 44.1 Å². The number of aliphatic hydroxyl groups excluding tert-OH is 1. The quantitative estimate of drug-likeness (QED) is 0.278. The molecule has 11 nitrogen and oxygen atoms in total. The largest absolute Gasteiger partial charge is 0.461 e. The fraction of sp³-hybridized carbons (Fsp3) is 0.606. The number of hydrogen-bond donors (Lipinski definition) is 3. The fourth-order valence-electron chi connectivity index (χ4n) is 6.18. The highest BCUT2D eigenvalue weighted by Gasteiger charge is 2.39. The Labute approximate surface area is 259 Å². The number of nitrogens with one attached hydrogen (secondary N) is 2. The summed E-state index contributed by atoms with van der Waals surface area (Å²) in [6.45, 7) is 7.48. The number of nitrogens with zero attached hydrogens (tertiary/aromatic N) is 3. The highest BCUT2D eigenvalue weighted by molar-refractivity contribution is 5.93. The van der Waals surface area contributed by atoms with Crippen molar-refractivity contribution >= 4 is 23.8 Å². The van der Waals surface area contributed by atoms with Crippen molar-refractivity contribution in [3.05, 3.63) is 54.1 Å². The average molecular weight is 610 g/mol. The second kappa shape index (κ2) is 15.3. The summed E-state index contributed by atoms with van der Waals surface area (Å²) in [5.41, 5.74) is 0.870. The van der Waals surface area contributed by atoms with E-state index in [0.29, 0.717) is 18.7 Å². The summed E-state index contributed by atoms with van der Waals surface area (Å²) < 4.78 is 6.70. The standard InChI is InChI=1S/C33H47N5O6/c1-21(2)17-26(30(40)35-25(18-23-11-7-5-8-12-23)29(39)32(42)44-22(3)4)36-31(41)27(19-24-13-9-6-10-14-24)38-20-28-34-15-16-37(28)33(38)43/h6,9-10,13-16,21-23,25-27,29,39H,5,7-8,11-12,17-20H2,1-4H3,(H,35,40)(H,36,41)/t25-,26?,27-,29?/m0/s1. The molecule has 1 aliphatic carbocycles. The van der Waals surface area contributed by atoms with Crippen molar-refractivity contribution in [1.82, 2.24) is 25.1 Å². The Morgan fingerprint density at radius 1 is 1.02 bits per heavy atom. The Hall–Kier alpha value is -3.73. The first-order chi connectivity index (χ1) is 21.0. The zero-order valence-electron chi connectivity index (χ0n) is 26.3. The first-order valence-electron chi connectivity index (χ1n) is 15.9. The van der Waals surface area contributed by atoms with E-state index in [2.05, 4.69) is 15.6 Å². The molecule has 0 saturated heterocycles. The lowest BCUT2D eigenvalue weighted by Gasteiger charge is -2.32. The van der Waals surface area contributed by atoms with Crippen molar-refractivity contribution in [2.75, 3.05) is 0 Å². The number of amides is 3. The maximum absolute atomic E-state index is 14.0. The summed E-state index contributed by atoms with van der Waals surface area (Å²) in [6.07, 6.45) is 7.42. The number of hydrogen-bond acceptors (Lipinski definition) is 7. The molecular formula is C33H47N5O6. The number of aliphatic hydroxyl groups is 1. The van der Waals surface area contributed by atoms with E-state index in [0.717, 1.165) is 37.7 Å². The monoisotopic (exact) mass is 609 g/mol. The number of imidazole rings is 1. The topological polar surface area (TPSA) is 143 Å². The number of ether oxygens (including phenoxy) is 1. The van der Waals surface area contributed by atoms with E-state index in [-0.39, 0.29) is 30.8 Å². The Morgan fingerprint density at radius 3 is 2.36 bits per heavy atom. The van der Waals surface area contributed by atoms with Crippen molar-refractivity contribution in [3.8, 4) is 0 Å². The lowest BCUT2D eigenvalue weighted by atomic mass is 9.83. The third-order valence-corrected chi connectivity index (χ3v) is 8.39. The van der Waals surface area contributed by atoms with E-state index in [1.807, 2.05) is 44.2 Å². The zero-order chi connectivity index (χ0) is 31.8. The van der Waals surface area contributed by atoms with Crippen LogP contribution < -0.4 is 10.6 Å². The van der Waals surface area contributed by atoms with E-state index in [1.165, 1.54) is 9.47 Å². The molecule has 11 heteroatoms. The van der Waals surface area contributed by atoms with Crippen LogP contribution in [0.15, 0.2) is 42.7 Å². The summed E-state index contributed by atoms with van der Waals surface area (Å²) in [5.74, 6) is -0.870.